The molecule has 0 aromatic carbocycles. The Kier molecular flexibility index (Phi) is 3.48. The van der Waals surface area contributed by atoms with Crippen molar-refractivity contribution < 1.29 is 4.79 Å². The van der Waals surface area contributed by atoms with E-state index in [0.717, 1.165) is 8.45 Å². The van der Waals surface area contributed by atoms with Crippen LogP contribution in [0.2, 0.25) is 0 Å². The number of rotatable bonds is 2. The molecule has 1 N–H and O–H groups in total. The first-order valence-corrected chi connectivity index (χ1v) is 5.28. The number of hydrogen-bond donors (Lipinski definition) is 1. The molecule has 0 aliphatic rings. The lowest BCUT2D eigenvalue weighted by Gasteiger charge is -2.10. The molecule has 1 aromatic heterocycles. The maximum atomic E-state index is 11.3. The lowest BCUT2D eigenvalue weighted by Crippen LogP contribution is -2.35. The molecule has 5 heteroatoms. The predicted octanol–water partition coefficient (Wildman–Crippen LogP) is 1.56. The van der Waals surface area contributed by atoms with Crippen molar-refractivity contribution in [3.05, 3.63) is 19.9 Å². The normalized spacial score (nSPS) is 10.3. The zero-order valence-corrected chi connectivity index (χ0v) is 9.77. The highest BCUT2D eigenvalue weighted by atomic mass is 127. The van der Waals surface area contributed by atoms with E-state index < -0.39 is 0 Å². The van der Waals surface area contributed by atoms with E-state index in [0.29, 0.717) is 0 Å². The number of nitrogens with one attached hydrogen (secondary N) is 1. The standard InChI is InChI=1S/C7H9IN2OS/c1-10(2)9-7(11)5-3-6(8)12-4-5/h3-4H,1-2H3,(H,9,11). The van der Waals surface area contributed by atoms with Crippen LogP contribution >= 0.6 is 33.9 Å². The van der Waals surface area contributed by atoms with Gasteiger partial charge in [-0.25, -0.2) is 5.01 Å². The fourth-order valence-electron chi connectivity index (χ4n) is 0.697. The summed E-state index contributed by atoms with van der Waals surface area (Å²) in [4.78, 5) is 11.3. The van der Waals surface area contributed by atoms with Gasteiger partial charge in [-0.05, 0) is 28.7 Å². The third-order valence-corrected chi connectivity index (χ3v) is 2.94. The van der Waals surface area contributed by atoms with Crippen LogP contribution in [0.15, 0.2) is 11.4 Å². The summed E-state index contributed by atoms with van der Waals surface area (Å²) >= 11 is 3.76. The van der Waals surface area contributed by atoms with Crippen molar-refractivity contribution in [2.75, 3.05) is 14.1 Å². The van der Waals surface area contributed by atoms with Crippen molar-refractivity contribution in [3.63, 3.8) is 0 Å². The van der Waals surface area contributed by atoms with Gasteiger partial charge < -0.3 is 0 Å². The van der Waals surface area contributed by atoms with Gasteiger partial charge in [-0.3, -0.25) is 10.2 Å². The van der Waals surface area contributed by atoms with Crippen molar-refractivity contribution >= 4 is 39.8 Å². The van der Waals surface area contributed by atoms with Crippen LogP contribution in [0.1, 0.15) is 10.4 Å². The first-order valence-electron chi connectivity index (χ1n) is 3.32. The average Bonchev–Trinajstić information content (AvgIpc) is 2.34. The molecule has 66 valence electrons. The van der Waals surface area contributed by atoms with Gasteiger partial charge in [-0.15, -0.1) is 11.3 Å². The fourth-order valence-corrected chi connectivity index (χ4v) is 2.02. The van der Waals surface area contributed by atoms with E-state index in [9.17, 15) is 4.79 Å². The lowest BCUT2D eigenvalue weighted by atomic mass is 10.3. The molecular weight excluding hydrogens is 287 g/mol. The highest BCUT2D eigenvalue weighted by molar-refractivity contribution is 14.1. The van der Waals surface area contributed by atoms with Crippen LogP contribution in [0.3, 0.4) is 0 Å². The van der Waals surface area contributed by atoms with Gasteiger partial charge in [0, 0.05) is 19.5 Å². The summed E-state index contributed by atoms with van der Waals surface area (Å²) < 4.78 is 1.12. The van der Waals surface area contributed by atoms with Gasteiger partial charge in [0.25, 0.3) is 5.91 Å². The second-order valence-corrected chi connectivity index (χ2v) is 5.28. The highest BCUT2D eigenvalue weighted by Crippen LogP contribution is 2.16. The summed E-state index contributed by atoms with van der Waals surface area (Å²) in [7, 11) is 3.57. The van der Waals surface area contributed by atoms with E-state index in [4.69, 9.17) is 0 Å². The minimum atomic E-state index is -0.0563. The monoisotopic (exact) mass is 296 g/mol. The molecule has 1 amide bonds. The van der Waals surface area contributed by atoms with Gasteiger partial charge in [0.1, 0.15) is 0 Å². The zero-order valence-electron chi connectivity index (χ0n) is 6.80. The van der Waals surface area contributed by atoms with Gasteiger partial charge in [-0.1, -0.05) is 0 Å². The number of thiophene rings is 1. The smallest absolute Gasteiger partial charge is 0.266 e. The Balaban J connectivity index is 2.65. The summed E-state index contributed by atoms with van der Waals surface area (Å²) in [6.45, 7) is 0. The quantitative estimate of drug-likeness (QED) is 0.663. The largest absolute Gasteiger partial charge is 0.285 e. The van der Waals surface area contributed by atoms with Crippen LogP contribution in [-0.4, -0.2) is 25.0 Å². The number of nitrogens with zero attached hydrogens (tertiary/aromatic N) is 1. The third-order valence-electron chi connectivity index (χ3n) is 1.15. The Morgan fingerprint density at radius 3 is 2.75 bits per heavy atom. The summed E-state index contributed by atoms with van der Waals surface area (Å²) in [6, 6.07) is 1.87. The maximum Gasteiger partial charge on any atom is 0.266 e. The second kappa shape index (κ2) is 4.20. The van der Waals surface area contributed by atoms with Crippen LogP contribution in [-0.2, 0) is 0 Å². The molecule has 1 rings (SSSR count). The molecule has 0 saturated carbocycles. The molecule has 0 radical (unpaired) electrons. The Morgan fingerprint density at radius 2 is 2.33 bits per heavy atom. The van der Waals surface area contributed by atoms with Crippen molar-refractivity contribution in [1.82, 2.24) is 10.4 Å². The SMILES string of the molecule is CN(C)NC(=O)c1csc(I)c1. The number of hydrogen-bond acceptors (Lipinski definition) is 3. The van der Waals surface area contributed by atoms with Crippen molar-refractivity contribution in [1.29, 1.82) is 0 Å². The Bertz CT molecular complexity index is 285. The van der Waals surface area contributed by atoms with Crippen LogP contribution in [0.25, 0.3) is 0 Å². The molecular formula is C7H9IN2OS. The molecule has 0 spiro atoms. The first kappa shape index (κ1) is 9.94. The second-order valence-electron chi connectivity index (χ2n) is 2.47. The van der Waals surface area contributed by atoms with Gasteiger partial charge in [0.2, 0.25) is 0 Å². The van der Waals surface area contributed by atoms with E-state index in [2.05, 4.69) is 28.0 Å². The maximum absolute atomic E-state index is 11.3. The molecule has 0 fully saturated rings. The predicted molar refractivity (Wildman–Crippen MR) is 58.2 cm³/mol. The van der Waals surface area contributed by atoms with Gasteiger partial charge >= 0.3 is 0 Å². The molecule has 3 nitrogen and oxygen atoms in total. The molecule has 1 heterocycles. The van der Waals surface area contributed by atoms with Crippen LogP contribution in [0.5, 0.6) is 0 Å². The van der Waals surface area contributed by atoms with Crippen molar-refractivity contribution in [3.8, 4) is 0 Å². The third kappa shape index (κ3) is 2.72. The zero-order chi connectivity index (χ0) is 9.14. The summed E-state index contributed by atoms with van der Waals surface area (Å²) in [5.74, 6) is -0.0563. The van der Waals surface area contributed by atoms with Crippen LogP contribution in [0, 0.1) is 2.88 Å². The summed E-state index contributed by atoms with van der Waals surface area (Å²) in [5.41, 5.74) is 3.39. The number of hydrazine groups is 1. The molecule has 0 unspecified atom stereocenters. The number of amides is 1. The summed E-state index contributed by atoms with van der Waals surface area (Å²) in [6.07, 6.45) is 0. The molecule has 0 aliphatic carbocycles. The Hall–Kier alpha value is -0.140. The molecule has 0 saturated heterocycles. The van der Waals surface area contributed by atoms with Gasteiger partial charge in [0.15, 0.2) is 0 Å². The average molecular weight is 296 g/mol. The Labute approximate surface area is 88.9 Å². The molecule has 0 aliphatic heterocycles. The van der Waals surface area contributed by atoms with Gasteiger partial charge in [-0.2, -0.15) is 0 Å². The minimum absolute atomic E-state index is 0.0563. The number of halogens is 1. The molecule has 1 aromatic rings. The van der Waals surface area contributed by atoms with Crippen LogP contribution < -0.4 is 5.43 Å². The van der Waals surface area contributed by atoms with Crippen molar-refractivity contribution in [2.24, 2.45) is 0 Å². The number of carbonyl (C=O) groups is 1. The van der Waals surface area contributed by atoms with E-state index in [1.54, 1.807) is 30.4 Å². The highest BCUT2D eigenvalue weighted by Gasteiger charge is 2.07. The topological polar surface area (TPSA) is 32.3 Å². The fraction of sp³-hybridized carbons (Fsp3) is 0.286. The van der Waals surface area contributed by atoms with Gasteiger partial charge in [0.05, 0.1) is 8.45 Å². The first-order chi connectivity index (χ1) is 5.59. The molecule has 0 atom stereocenters. The van der Waals surface area contributed by atoms with Crippen molar-refractivity contribution in [2.45, 2.75) is 0 Å². The molecule has 12 heavy (non-hydrogen) atoms. The van der Waals surface area contributed by atoms with E-state index in [1.165, 1.54) is 0 Å². The lowest BCUT2D eigenvalue weighted by molar-refractivity contribution is 0.0857. The minimum Gasteiger partial charge on any atom is -0.285 e. The summed E-state index contributed by atoms with van der Waals surface area (Å²) in [5, 5.41) is 3.48. The number of carbonyl (C=O) groups excluding carboxylic acids is 1. The van der Waals surface area contributed by atoms with E-state index in [1.807, 2.05) is 11.4 Å². The van der Waals surface area contributed by atoms with E-state index in [-0.39, 0.29) is 5.91 Å². The van der Waals surface area contributed by atoms with E-state index >= 15 is 0 Å². The van der Waals surface area contributed by atoms with Crippen LogP contribution in [0.4, 0.5) is 0 Å². The Morgan fingerprint density at radius 1 is 1.67 bits per heavy atom. The molecule has 0 bridgehead atoms.